The summed E-state index contributed by atoms with van der Waals surface area (Å²) in [6, 6.07) is 30.8. The Morgan fingerprint density at radius 1 is 0.647 bits per heavy atom. The van der Waals surface area contributed by atoms with Crippen LogP contribution >= 0.6 is 15.9 Å². The summed E-state index contributed by atoms with van der Waals surface area (Å²) in [6.07, 6.45) is 0. The Morgan fingerprint density at radius 3 is 1.59 bits per heavy atom. The summed E-state index contributed by atoms with van der Waals surface area (Å²) in [5.74, 6) is 0. The third-order valence-electron chi connectivity index (χ3n) is 5.32. The minimum atomic E-state index is 0. The van der Waals surface area contributed by atoms with E-state index in [0.717, 1.165) is 37.2 Å². The maximum absolute atomic E-state index is 7.50. The standard InChI is InChI=1S/C24H25BrN2.3CO.Cr/c25-23-13-11-22(12-14-23)24(21-9-5-2-6-10-21)27-17-15-26(16-18-27)19-20-7-3-1-4-8-20;3*1-2;/h1-14,24H,15-19H2;;;;/t24-;;;;/m0..../s1. The molecule has 7 heteroatoms. The Hall–Kier alpha value is -2.19. The van der Waals surface area contributed by atoms with Crippen molar-refractivity contribution in [2.45, 2.75) is 12.6 Å². The molecular formula is C27H25BrCrN2O3. The molecule has 0 bridgehead atoms. The van der Waals surface area contributed by atoms with E-state index in [0.29, 0.717) is 6.04 Å². The van der Waals surface area contributed by atoms with E-state index in [-0.39, 0.29) is 17.4 Å². The molecule has 5 nitrogen and oxygen atoms in total. The van der Waals surface area contributed by atoms with Gasteiger partial charge in [-0.1, -0.05) is 88.7 Å². The van der Waals surface area contributed by atoms with Crippen molar-refractivity contribution < 1.29 is 31.3 Å². The van der Waals surface area contributed by atoms with Gasteiger partial charge in [-0.05, 0) is 28.8 Å². The molecule has 1 atom stereocenters. The topological polar surface area (TPSA) is 66.2 Å². The van der Waals surface area contributed by atoms with Crippen molar-refractivity contribution in [3.63, 3.8) is 0 Å². The Bertz CT molecular complexity index is 957. The first kappa shape index (κ1) is 31.8. The van der Waals surface area contributed by atoms with E-state index in [1.165, 1.54) is 16.7 Å². The molecule has 0 aromatic heterocycles. The van der Waals surface area contributed by atoms with E-state index in [1.54, 1.807) is 0 Å². The normalized spacial score (nSPS) is 13.6. The minimum Gasteiger partial charge on any atom is 0 e. The molecule has 0 spiro atoms. The summed E-state index contributed by atoms with van der Waals surface area (Å²) < 4.78 is 23.6. The zero-order valence-electron chi connectivity index (χ0n) is 18.6. The quantitative estimate of drug-likeness (QED) is 0.318. The zero-order chi connectivity index (χ0) is 24.5. The van der Waals surface area contributed by atoms with Gasteiger partial charge in [-0.25, -0.2) is 0 Å². The molecule has 0 aliphatic carbocycles. The molecule has 174 valence electrons. The molecular weight excluding hydrogens is 532 g/mol. The third-order valence-corrected chi connectivity index (χ3v) is 5.85. The number of rotatable bonds is 5. The van der Waals surface area contributed by atoms with E-state index in [9.17, 15) is 0 Å². The Balaban J connectivity index is 0.00000145. The van der Waals surface area contributed by atoms with Crippen molar-refractivity contribution in [1.82, 2.24) is 9.80 Å². The average Bonchev–Trinajstić information content (AvgIpc) is 2.91. The molecule has 0 radical (unpaired) electrons. The second-order valence-corrected chi connectivity index (χ2v) is 8.08. The van der Waals surface area contributed by atoms with Crippen molar-refractivity contribution in [2.75, 3.05) is 26.2 Å². The van der Waals surface area contributed by atoms with Gasteiger partial charge in [-0.3, -0.25) is 9.80 Å². The van der Waals surface area contributed by atoms with Crippen molar-refractivity contribution in [3.8, 4) is 0 Å². The summed E-state index contributed by atoms with van der Waals surface area (Å²) in [5.41, 5.74) is 4.13. The number of hydrogen-bond donors (Lipinski definition) is 0. The number of hydrogen-bond acceptors (Lipinski definition) is 2. The largest absolute Gasteiger partial charge is 0 e. The number of halogens is 1. The molecule has 1 aliphatic heterocycles. The molecule has 0 amide bonds. The molecule has 1 aliphatic rings. The van der Waals surface area contributed by atoms with Gasteiger partial charge in [0.2, 0.25) is 0 Å². The second-order valence-electron chi connectivity index (χ2n) is 7.16. The zero-order valence-corrected chi connectivity index (χ0v) is 21.5. The number of piperazine rings is 1. The van der Waals surface area contributed by atoms with Crippen LogP contribution in [0.2, 0.25) is 0 Å². The van der Waals surface area contributed by atoms with Crippen LogP contribution in [0.25, 0.3) is 0 Å². The van der Waals surface area contributed by atoms with E-state index in [4.69, 9.17) is 14.0 Å². The molecule has 4 rings (SSSR count). The van der Waals surface area contributed by atoms with Crippen LogP contribution in [0, 0.1) is 20.0 Å². The maximum Gasteiger partial charge on any atom is 0 e. The van der Waals surface area contributed by atoms with Crippen LogP contribution in [-0.2, 0) is 37.9 Å². The fourth-order valence-corrected chi connectivity index (χ4v) is 4.18. The Labute approximate surface area is 221 Å². The molecule has 0 unspecified atom stereocenters. The fraction of sp³-hybridized carbons (Fsp3) is 0.222. The SMILES string of the molecule is Brc1ccc([C@H](c2ccccc2)N2CCN(Cc3ccccc3)CC2)cc1.[C-]#[O+].[C-]#[O+].[C-]#[O+].[Cr]. The molecule has 1 saturated heterocycles. The van der Waals surface area contributed by atoms with Crippen LogP contribution in [0.4, 0.5) is 0 Å². The molecule has 3 aromatic carbocycles. The van der Waals surface area contributed by atoms with E-state index in [1.807, 2.05) is 0 Å². The van der Waals surface area contributed by atoms with Crippen molar-refractivity contribution in [1.29, 1.82) is 0 Å². The van der Waals surface area contributed by atoms with Crippen LogP contribution < -0.4 is 0 Å². The summed E-state index contributed by atoms with van der Waals surface area (Å²) in [6.45, 7) is 18.9. The van der Waals surface area contributed by atoms with Gasteiger partial charge in [0.1, 0.15) is 0 Å². The van der Waals surface area contributed by atoms with E-state index in [2.05, 4.69) is 131 Å². The van der Waals surface area contributed by atoms with Crippen LogP contribution in [0.3, 0.4) is 0 Å². The van der Waals surface area contributed by atoms with Gasteiger partial charge in [-0.2, -0.15) is 0 Å². The first-order valence-corrected chi connectivity index (χ1v) is 11.0. The van der Waals surface area contributed by atoms with Crippen LogP contribution in [-0.4, -0.2) is 36.0 Å². The van der Waals surface area contributed by atoms with Crippen LogP contribution in [0.1, 0.15) is 22.7 Å². The van der Waals surface area contributed by atoms with E-state index >= 15 is 0 Å². The van der Waals surface area contributed by atoms with Gasteiger partial charge in [0, 0.05) is 54.6 Å². The van der Waals surface area contributed by atoms with Gasteiger partial charge < -0.3 is 0 Å². The number of benzene rings is 3. The number of nitrogens with zero attached hydrogens (tertiary/aromatic N) is 2. The second kappa shape index (κ2) is 19.2. The molecule has 34 heavy (non-hydrogen) atoms. The van der Waals surface area contributed by atoms with Gasteiger partial charge >= 0.3 is 33.9 Å². The van der Waals surface area contributed by atoms with E-state index < -0.39 is 0 Å². The minimum absolute atomic E-state index is 0. The predicted octanol–water partition coefficient (Wildman–Crippen LogP) is 5.24. The van der Waals surface area contributed by atoms with Gasteiger partial charge in [-0.15, -0.1) is 0 Å². The molecule has 1 fully saturated rings. The van der Waals surface area contributed by atoms with Gasteiger partial charge in [0.25, 0.3) is 0 Å². The van der Waals surface area contributed by atoms with Crippen LogP contribution in [0.5, 0.6) is 0 Å². The van der Waals surface area contributed by atoms with Crippen molar-refractivity contribution >= 4 is 15.9 Å². The summed E-state index contributed by atoms with van der Waals surface area (Å²) >= 11 is 3.57. The monoisotopic (exact) mass is 556 g/mol. The summed E-state index contributed by atoms with van der Waals surface area (Å²) in [7, 11) is 0. The molecule has 1 heterocycles. The van der Waals surface area contributed by atoms with Gasteiger partial charge in [0.05, 0.1) is 6.04 Å². The average molecular weight is 557 g/mol. The first-order chi connectivity index (χ1) is 16.3. The third kappa shape index (κ3) is 9.97. The predicted molar refractivity (Wildman–Crippen MR) is 128 cm³/mol. The summed E-state index contributed by atoms with van der Waals surface area (Å²) in [4.78, 5) is 5.19. The van der Waals surface area contributed by atoms with Gasteiger partial charge in [0.15, 0.2) is 0 Å². The summed E-state index contributed by atoms with van der Waals surface area (Å²) in [5, 5.41) is 0. The van der Waals surface area contributed by atoms with Crippen LogP contribution in [0.15, 0.2) is 89.4 Å². The smallest absolute Gasteiger partial charge is 0 e. The first-order valence-electron chi connectivity index (χ1n) is 10.2. The molecule has 0 N–H and O–H groups in total. The molecule has 3 aromatic rings. The fourth-order valence-electron chi connectivity index (χ4n) is 3.92. The Kier molecular flexibility index (Phi) is 17.9. The van der Waals surface area contributed by atoms with Crippen molar-refractivity contribution in [3.05, 3.63) is 126 Å². The van der Waals surface area contributed by atoms with Crippen molar-refractivity contribution in [2.24, 2.45) is 0 Å². The molecule has 0 saturated carbocycles. The Morgan fingerprint density at radius 2 is 1.09 bits per heavy atom. The maximum atomic E-state index is 7.50.